The van der Waals surface area contributed by atoms with E-state index in [1.54, 1.807) is 18.2 Å². The minimum atomic E-state index is -0.366. The van der Waals surface area contributed by atoms with Gasteiger partial charge in [-0.15, -0.1) is 0 Å². The number of rotatable bonds is 4. The summed E-state index contributed by atoms with van der Waals surface area (Å²) in [6.07, 6.45) is 0. The van der Waals surface area contributed by atoms with Crippen LogP contribution < -0.4 is 10.1 Å². The second-order valence-electron chi connectivity index (χ2n) is 3.92. The number of amides is 1. The number of carbonyl (C=O) groups is 1. The van der Waals surface area contributed by atoms with Crippen LogP contribution in [0.25, 0.3) is 0 Å². The Morgan fingerprint density at radius 2 is 1.95 bits per heavy atom. The number of nitrogens with one attached hydrogen (secondary N) is 1. The zero-order valence-corrected chi connectivity index (χ0v) is 10.5. The Labute approximate surface area is 111 Å². The van der Waals surface area contributed by atoms with Gasteiger partial charge in [0.2, 0.25) is 0 Å². The maximum Gasteiger partial charge on any atom is 0.255 e. The van der Waals surface area contributed by atoms with Gasteiger partial charge in [-0.05, 0) is 43.3 Å². The molecule has 0 saturated heterocycles. The van der Waals surface area contributed by atoms with Crippen LogP contribution in [0.15, 0.2) is 48.5 Å². The highest BCUT2D eigenvalue weighted by Gasteiger charge is 2.06. The van der Waals surface area contributed by atoms with Gasteiger partial charge in [-0.2, -0.15) is 0 Å². The molecule has 0 fully saturated rings. The van der Waals surface area contributed by atoms with Gasteiger partial charge in [-0.25, -0.2) is 4.39 Å². The summed E-state index contributed by atoms with van der Waals surface area (Å²) in [5, 5.41) is 2.74. The maximum absolute atomic E-state index is 12.8. The van der Waals surface area contributed by atoms with E-state index in [1.165, 1.54) is 24.3 Å². The van der Waals surface area contributed by atoms with Crippen LogP contribution in [-0.4, -0.2) is 12.5 Å². The molecule has 0 spiro atoms. The maximum atomic E-state index is 12.8. The Morgan fingerprint density at radius 1 is 1.21 bits per heavy atom. The average Bonchev–Trinajstić information content (AvgIpc) is 2.40. The van der Waals surface area contributed by atoms with Crippen molar-refractivity contribution in [1.29, 1.82) is 0 Å². The SMILES string of the molecule is CCOc1cccc(NC(=O)c2ccc(F)cc2)c1. The molecule has 2 aromatic rings. The zero-order valence-electron chi connectivity index (χ0n) is 10.5. The first-order chi connectivity index (χ1) is 9.19. The lowest BCUT2D eigenvalue weighted by atomic mass is 10.2. The highest BCUT2D eigenvalue weighted by molar-refractivity contribution is 6.04. The molecule has 0 bridgehead atoms. The first-order valence-electron chi connectivity index (χ1n) is 5.99. The quantitative estimate of drug-likeness (QED) is 0.912. The highest BCUT2D eigenvalue weighted by Crippen LogP contribution is 2.18. The molecule has 19 heavy (non-hydrogen) atoms. The Bertz CT molecular complexity index is 567. The van der Waals surface area contributed by atoms with E-state index in [9.17, 15) is 9.18 Å². The lowest BCUT2D eigenvalue weighted by Crippen LogP contribution is -2.11. The first kappa shape index (κ1) is 13.1. The van der Waals surface area contributed by atoms with Crippen molar-refractivity contribution in [3.63, 3.8) is 0 Å². The van der Waals surface area contributed by atoms with Gasteiger partial charge in [0.15, 0.2) is 0 Å². The van der Waals surface area contributed by atoms with Crippen LogP contribution in [0.1, 0.15) is 17.3 Å². The van der Waals surface area contributed by atoms with Crippen molar-refractivity contribution in [1.82, 2.24) is 0 Å². The van der Waals surface area contributed by atoms with E-state index in [0.29, 0.717) is 23.6 Å². The summed E-state index contributed by atoms with van der Waals surface area (Å²) in [7, 11) is 0. The van der Waals surface area contributed by atoms with Crippen LogP contribution in [0.2, 0.25) is 0 Å². The lowest BCUT2D eigenvalue weighted by Gasteiger charge is -2.08. The lowest BCUT2D eigenvalue weighted by molar-refractivity contribution is 0.102. The molecule has 0 aliphatic carbocycles. The number of hydrogen-bond donors (Lipinski definition) is 1. The zero-order chi connectivity index (χ0) is 13.7. The van der Waals surface area contributed by atoms with E-state index >= 15 is 0 Å². The fraction of sp³-hybridized carbons (Fsp3) is 0.133. The van der Waals surface area contributed by atoms with Crippen LogP contribution >= 0.6 is 0 Å². The smallest absolute Gasteiger partial charge is 0.255 e. The number of hydrogen-bond acceptors (Lipinski definition) is 2. The fourth-order valence-electron chi connectivity index (χ4n) is 1.63. The summed E-state index contributed by atoms with van der Waals surface area (Å²) < 4.78 is 18.1. The molecule has 1 N–H and O–H groups in total. The molecule has 2 rings (SSSR count). The topological polar surface area (TPSA) is 38.3 Å². The first-order valence-corrected chi connectivity index (χ1v) is 5.99. The van der Waals surface area contributed by atoms with E-state index in [2.05, 4.69) is 5.32 Å². The molecule has 0 atom stereocenters. The molecule has 0 heterocycles. The Kier molecular flexibility index (Phi) is 4.13. The standard InChI is InChI=1S/C15H14FNO2/c1-2-19-14-5-3-4-13(10-14)17-15(18)11-6-8-12(16)9-7-11/h3-10H,2H2,1H3,(H,17,18). The summed E-state index contributed by atoms with van der Waals surface area (Å²) >= 11 is 0. The van der Waals surface area contributed by atoms with Crippen molar-refractivity contribution in [2.75, 3.05) is 11.9 Å². The molecular formula is C15H14FNO2. The number of halogens is 1. The Morgan fingerprint density at radius 3 is 2.63 bits per heavy atom. The van der Waals surface area contributed by atoms with Crippen LogP contribution in [-0.2, 0) is 0 Å². The Balaban J connectivity index is 2.10. The molecule has 1 amide bonds. The van der Waals surface area contributed by atoms with Crippen molar-refractivity contribution >= 4 is 11.6 Å². The molecule has 0 aromatic heterocycles. The summed E-state index contributed by atoms with van der Waals surface area (Å²) in [6, 6.07) is 12.5. The van der Waals surface area contributed by atoms with E-state index in [1.807, 2.05) is 13.0 Å². The van der Waals surface area contributed by atoms with Gasteiger partial charge >= 0.3 is 0 Å². The minimum Gasteiger partial charge on any atom is -0.494 e. The minimum absolute atomic E-state index is 0.284. The highest BCUT2D eigenvalue weighted by atomic mass is 19.1. The molecule has 4 heteroatoms. The summed E-state index contributed by atoms with van der Waals surface area (Å²) in [5.74, 6) is 0.0444. The summed E-state index contributed by atoms with van der Waals surface area (Å²) in [6.45, 7) is 2.46. The molecule has 3 nitrogen and oxygen atoms in total. The van der Waals surface area contributed by atoms with Gasteiger partial charge in [-0.3, -0.25) is 4.79 Å². The van der Waals surface area contributed by atoms with Crippen LogP contribution in [0.4, 0.5) is 10.1 Å². The third-order valence-electron chi connectivity index (χ3n) is 2.51. The molecule has 0 saturated carbocycles. The number of anilines is 1. The Hall–Kier alpha value is -2.36. The van der Waals surface area contributed by atoms with E-state index in [-0.39, 0.29) is 11.7 Å². The van der Waals surface area contributed by atoms with Crippen LogP contribution in [0.3, 0.4) is 0 Å². The largest absolute Gasteiger partial charge is 0.494 e. The third kappa shape index (κ3) is 3.55. The van der Waals surface area contributed by atoms with Gasteiger partial charge in [0.25, 0.3) is 5.91 Å². The van der Waals surface area contributed by atoms with Gasteiger partial charge in [0, 0.05) is 17.3 Å². The fourth-order valence-corrected chi connectivity index (χ4v) is 1.63. The number of benzene rings is 2. The van der Waals surface area contributed by atoms with Gasteiger partial charge < -0.3 is 10.1 Å². The number of carbonyl (C=O) groups excluding carboxylic acids is 1. The van der Waals surface area contributed by atoms with Crippen molar-refractivity contribution in [3.8, 4) is 5.75 Å². The van der Waals surface area contributed by atoms with Crippen molar-refractivity contribution < 1.29 is 13.9 Å². The average molecular weight is 259 g/mol. The normalized spacial score (nSPS) is 10.0. The van der Waals surface area contributed by atoms with Crippen molar-refractivity contribution in [2.45, 2.75) is 6.92 Å². The van der Waals surface area contributed by atoms with Gasteiger partial charge in [0.1, 0.15) is 11.6 Å². The molecular weight excluding hydrogens is 245 g/mol. The van der Waals surface area contributed by atoms with Crippen LogP contribution in [0.5, 0.6) is 5.75 Å². The van der Waals surface area contributed by atoms with Crippen LogP contribution in [0, 0.1) is 5.82 Å². The second-order valence-corrected chi connectivity index (χ2v) is 3.92. The molecule has 2 aromatic carbocycles. The van der Waals surface area contributed by atoms with E-state index < -0.39 is 0 Å². The van der Waals surface area contributed by atoms with E-state index in [0.717, 1.165) is 0 Å². The second kappa shape index (κ2) is 6.00. The predicted octanol–water partition coefficient (Wildman–Crippen LogP) is 3.48. The van der Waals surface area contributed by atoms with Crippen molar-refractivity contribution in [2.24, 2.45) is 0 Å². The molecule has 98 valence electrons. The summed E-state index contributed by atoms with van der Waals surface area (Å²) in [5.41, 5.74) is 1.04. The number of ether oxygens (including phenoxy) is 1. The van der Waals surface area contributed by atoms with Crippen molar-refractivity contribution in [3.05, 3.63) is 59.9 Å². The molecule has 0 aliphatic rings. The molecule has 0 radical (unpaired) electrons. The predicted molar refractivity (Wildman–Crippen MR) is 72.0 cm³/mol. The third-order valence-corrected chi connectivity index (χ3v) is 2.51. The van der Waals surface area contributed by atoms with E-state index in [4.69, 9.17) is 4.74 Å². The molecule has 0 unspecified atom stereocenters. The van der Waals surface area contributed by atoms with Gasteiger partial charge in [0.05, 0.1) is 6.61 Å². The van der Waals surface area contributed by atoms with Gasteiger partial charge in [-0.1, -0.05) is 6.07 Å². The molecule has 0 aliphatic heterocycles. The monoisotopic (exact) mass is 259 g/mol. The summed E-state index contributed by atoms with van der Waals surface area (Å²) in [4.78, 5) is 11.9.